The molecule has 148 valence electrons. The standard InChI is InChI=1S/C21H21N5O2S/c1-14-17(5-9-28-14)21(27)25-8-7-24(2)19(12-25)20-18-4-3-15(11-26(18)23-22-20)16-6-10-29-13-16/h3-6,9-11,13,19H,7-8,12H2,1-2H3/t19-/m0/s1. The Morgan fingerprint density at radius 3 is 2.86 bits per heavy atom. The maximum absolute atomic E-state index is 13.0. The van der Waals surface area contributed by atoms with Crippen molar-refractivity contribution in [2.45, 2.75) is 13.0 Å². The molecule has 1 fully saturated rings. The van der Waals surface area contributed by atoms with Crippen LogP contribution in [0.15, 0.2) is 51.9 Å². The van der Waals surface area contributed by atoms with Crippen molar-refractivity contribution in [3.8, 4) is 11.1 Å². The summed E-state index contributed by atoms with van der Waals surface area (Å²) in [6.45, 7) is 3.84. The fourth-order valence-corrected chi connectivity index (χ4v) is 4.55. The number of likely N-dealkylation sites (N-methyl/N-ethyl adjacent to an activating group) is 1. The molecule has 0 radical (unpaired) electrons. The first kappa shape index (κ1) is 18.1. The molecule has 7 nitrogen and oxygen atoms in total. The Bertz CT molecular complexity index is 1160. The number of fused-ring (bicyclic) bond motifs is 1. The molecule has 1 atom stereocenters. The molecule has 0 unspecified atom stereocenters. The van der Waals surface area contributed by atoms with E-state index in [1.54, 1.807) is 23.7 Å². The van der Waals surface area contributed by atoms with Crippen LogP contribution in [0.4, 0.5) is 0 Å². The highest BCUT2D eigenvalue weighted by Crippen LogP contribution is 2.29. The molecular formula is C21H21N5O2S. The van der Waals surface area contributed by atoms with Crippen LogP contribution in [0.25, 0.3) is 16.6 Å². The Hall–Kier alpha value is -2.97. The number of nitrogens with zero attached hydrogens (tertiary/aromatic N) is 5. The molecule has 1 saturated heterocycles. The number of thiophene rings is 1. The van der Waals surface area contributed by atoms with Crippen molar-refractivity contribution in [1.29, 1.82) is 0 Å². The van der Waals surface area contributed by atoms with Gasteiger partial charge in [-0.05, 0) is 48.5 Å². The van der Waals surface area contributed by atoms with Gasteiger partial charge in [0.2, 0.25) is 0 Å². The van der Waals surface area contributed by atoms with Crippen LogP contribution in [-0.4, -0.2) is 57.2 Å². The van der Waals surface area contributed by atoms with Gasteiger partial charge >= 0.3 is 0 Å². The molecule has 4 aromatic rings. The van der Waals surface area contributed by atoms with E-state index < -0.39 is 0 Å². The second-order valence-electron chi connectivity index (χ2n) is 7.37. The van der Waals surface area contributed by atoms with Crippen LogP contribution in [-0.2, 0) is 0 Å². The summed E-state index contributed by atoms with van der Waals surface area (Å²) in [5, 5.41) is 13.0. The predicted molar refractivity (Wildman–Crippen MR) is 111 cm³/mol. The molecule has 1 amide bonds. The number of hydrogen-bond acceptors (Lipinski definition) is 6. The minimum atomic E-state index is -0.00981. The Balaban J connectivity index is 1.45. The Morgan fingerprint density at radius 2 is 2.10 bits per heavy atom. The van der Waals surface area contributed by atoms with Crippen molar-refractivity contribution in [2.24, 2.45) is 0 Å². The fourth-order valence-electron chi connectivity index (χ4n) is 3.88. The molecule has 0 N–H and O–H groups in total. The molecule has 5 heterocycles. The van der Waals surface area contributed by atoms with Gasteiger partial charge in [0.15, 0.2) is 0 Å². The van der Waals surface area contributed by atoms with Crippen molar-refractivity contribution in [3.63, 3.8) is 0 Å². The van der Waals surface area contributed by atoms with Crippen LogP contribution in [0, 0.1) is 6.92 Å². The minimum absolute atomic E-state index is 0.00516. The third kappa shape index (κ3) is 3.14. The highest BCUT2D eigenvalue weighted by Gasteiger charge is 2.32. The smallest absolute Gasteiger partial charge is 0.257 e. The van der Waals surface area contributed by atoms with Gasteiger partial charge in [-0.25, -0.2) is 4.52 Å². The molecule has 0 aromatic carbocycles. The molecule has 0 spiro atoms. The van der Waals surface area contributed by atoms with Crippen molar-refractivity contribution >= 4 is 22.8 Å². The first-order valence-corrected chi connectivity index (χ1v) is 10.5. The van der Waals surface area contributed by atoms with Crippen LogP contribution in [0.2, 0.25) is 0 Å². The van der Waals surface area contributed by atoms with Crippen LogP contribution >= 0.6 is 11.3 Å². The number of piperazine rings is 1. The highest BCUT2D eigenvalue weighted by molar-refractivity contribution is 7.08. The molecule has 29 heavy (non-hydrogen) atoms. The second kappa shape index (κ2) is 7.13. The van der Waals surface area contributed by atoms with E-state index in [4.69, 9.17) is 4.42 Å². The van der Waals surface area contributed by atoms with E-state index in [1.807, 2.05) is 22.5 Å². The summed E-state index contributed by atoms with van der Waals surface area (Å²) in [7, 11) is 2.07. The van der Waals surface area contributed by atoms with Crippen molar-refractivity contribution in [3.05, 3.63) is 64.5 Å². The molecule has 8 heteroatoms. The second-order valence-corrected chi connectivity index (χ2v) is 8.15. The van der Waals surface area contributed by atoms with E-state index in [2.05, 4.69) is 51.2 Å². The van der Waals surface area contributed by atoms with Crippen LogP contribution < -0.4 is 0 Å². The topological polar surface area (TPSA) is 66.9 Å². The number of furan rings is 1. The van der Waals surface area contributed by atoms with Gasteiger partial charge in [0.05, 0.1) is 23.4 Å². The van der Waals surface area contributed by atoms with Gasteiger partial charge in [-0.1, -0.05) is 11.3 Å². The number of pyridine rings is 1. The van der Waals surface area contributed by atoms with E-state index in [-0.39, 0.29) is 11.9 Å². The first-order chi connectivity index (χ1) is 14.1. The zero-order valence-corrected chi connectivity index (χ0v) is 17.1. The third-order valence-electron chi connectivity index (χ3n) is 5.63. The SMILES string of the molecule is Cc1occc1C(=O)N1CCN(C)[C@H](c2nnn3cc(-c4ccsc4)ccc23)C1. The maximum atomic E-state index is 13.0. The van der Waals surface area contributed by atoms with Crippen LogP contribution in [0.3, 0.4) is 0 Å². The van der Waals surface area contributed by atoms with E-state index in [1.165, 1.54) is 5.56 Å². The number of carbonyl (C=O) groups excluding carboxylic acids is 1. The summed E-state index contributed by atoms with van der Waals surface area (Å²) in [6.07, 6.45) is 3.57. The third-order valence-corrected chi connectivity index (χ3v) is 6.32. The molecule has 1 aliphatic heterocycles. The van der Waals surface area contributed by atoms with Crippen LogP contribution in [0.5, 0.6) is 0 Å². The lowest BCUT2D eigenvalue weighted by Gasteiger charge is -2.38. The summed E-state index contributed by atoms with van der Waals surface area (Å²) < 4.78 is 7.14. The molecule has 0 aliphatic carbocycles. The Kier molecular flexibility index (Phi) is 4.44. The van der Waals surface area contributed by atoms with Gasteiger partial charge in [-0.3, -0.25) is 9.69 Å². The molecule has 0 saturated carbocycles. The van der Waals surface area contributed by atoms with Gasteiger partial charge < -0.3 is 9.32 Å². The van der Waals surface area contributed by atoms with Crippen molar-refractivity contribution in [1.82, 2.24) is 24.6 Å². The highest BCUT2D eigenvalue weighted by atomic mass is 32.1. The Morgan fingerprint density at radius 1 is 1.21 bits per heavy atom. The lowest BCUT2D eigenvalue weighted by Crippen LogP contribution is -2.49. The lowest BCUT2D eigenvalue weighted by atomic mass is 10.1. The zero-order chi connectivity index (χ0) is 20.0. The fraction of sp³-hybridized carbons (Fsp3) is 0.286. The van der Waals surface area contributed by atoms with Gasteiger partial charge in [0, 0.05) is 31.4 Å². The summed E-state index contributed by atoms with van der Waals surface area (Å²) in [5.41, 5.74) is 4.78. The number of amides is 1. The maximum Gasteiger partial charge on any atom is 0.257 e. The van der Waals surface area contributed by atoms with Gasteiger partial charge in [0.1, 0.15) is 11.5 Å². The summed E-state index contributed by atoms with van der Waals surface area (Å²) in [6, 6.07) is 8.00. The van der Waals surface area contributed by atoms with E-state index in [0.717, 1.165) is 23.3 Å². The van der Waals surface area contributed by atoms with Crippen molar-refractivity contribution < 1.29 is 9.21 Å². The first-order valence-electron chi connectivity index (χ1n) is 9.53. The molecule has 4 aromatic heterocycles. The summed E-state index contributed by atoms with van der Waals surface area (Å²) in [4.78, 5) is 17.1. The van der Waals surface area contributed by atoms with Crippen molar-refractivity contribution in [2.75, 3.05) is 26.7 Å². The quantitative estimate of drug-likeness (QED) is 0.520. The Labute approximate surface area is 172 Å². The van der Waals surface area contributed by atoms with E-state index >= 15 is 0 Å². The number of carbonyl (C=O) groups is 1. The number of aryl methyl sites for hydroxylation is 1. The average Bonchev–Trinajstić information content (AvgIpc) is 3.48. The normalized spacial score (nSPS) is 17.9. The largest absolute Gasteiger partial charge is 0.469 e. The lowest BCUT2D eigenvalue weighted by molar-refractivity contribution is 0.0540. The molecule has 5 rings (SSSR count). The molecular weight excluding hydrogens is 386 g/mol. The molecule has 1 aliphatic rings. The van der Waals surface area contributed by atoms with Gasteiger partial charge in [0.25, 0.3) is 5.91 Å². The van der Waals surface area contributed by atoms with E-state index in [9.17, 15) is 4.79 Å². The monoisotopic (exact) mass is 407 g/mol. The van der Waals surface area contributed by atoms with Gasteiger partial charge in [-0.15, -0.1) is 5.10 Å². The van der Waals surface area contributed by atoms with Crippen LogP contribution in [0.1, 0.15) is 27.9 Å². The number of hydrogen-bond donors (Lipinski definition) is 0. The summed E-state index contributed by atoms with van der Waals surface area (Å²) >= 11 is 1.67. The average molecular weight is 407 g/mol. The number of aromatic nitrogens is 3. The minimum Gasteiger partial charge on any atom is -0.469 e. The number of rotatable bonds is 3. The predicted octanol–water partition coefficient (Wildman–Crippen LogP) is 3.49. The van der Waals surface area contributed by atoms with Gasteiger partial charge in [-0.2, -0.15) is 11.3 Å². The van der Waals surface area contributed by atoms with E-state index in [0.29, 0.717) is 24.4 Å². The summed E-state index contributed by atoms with van der Waals surface area (Å²) in [5.74, 6) is 0.658. The zero-order valence-electron chi connectivity index (χ0n) is 16.3. The molecule has 0 bridgehead atoms.